The van der Waals surface area contributed by atoms with Crippen LogP contribution in [0.4, 0.5) is 0 Å². The second-order valence-electron chi connectivity index (χ2n) is 11.4. The molecular formula is C42H26N2O. The minimum absolute atomic E-state index is 0.593. The molecule has 0 atom stereocenters. The van der Waals surface area contributed by atoms with Gasteiger partial charge in [-0.15, -0.1) is 0 Å². The first-order valence-corrected chi connectivity index (χ1v) is 15.2. The van der Waals surface area contributed by atoms with Gasteiger partial charge in [-0.25, -0.2) is 4.98 Å². The second-order valence-corrected chi connectivity index (χ2v) is 11.4. The molecule has 45 heavy (non-hydrogen) atoms. The Morgan fingerprint density at radius 1 is 0.400 bits per heavy atom. The molecule has 3 heteroatoms. The third-order valence-electron chi connectivity index (χ3n) is 8.68. The van der Waals surface area contributed by atoms with Crippen molar-refractivity contribution >= 4 is 43.6 Å². The average molecular weight is 575 g/mol. The molecule has 2 aromatic heterocycles. The van der Waals surface area contributed by atoms with E-state index in [2.05, 4.69) is 121 Å². The molecule has 210 valence electrons. The number of fused-ring (bicyclic) bond motifs is 6. The Bertz CT molecular complexity index is 2550. The van der Waals surface area contributed by atoms with Gasteiger partial charge in [0.05, 0.1) is 11.1 Å². The summed E-state index contributed by atoms with van der Waals surface area (Å²) < 4.78 is 6.27. The third kappa shape index (κ3) is 4.29. The predicted octanol–water partition coefficient (Wildman–Crippen LogP) is 11.4. The number of benzene rings is 7. The van der Waals surface area contributed by atoms with Crippen LogP contribution in [0.5, 0.6) is 0 Å². The van der Waals surface area contributed by atoms with Gasteiger partial charge in [0.15, 0.2) is 5.82 Å². The lowest BCUT2D eigenvalue weighted by Gasteiger charge is -2.13. The van der Waals surface area contributed by atoms with Crippen LogP contribution in [0.3, 0.4) is 0 Å². The zero-order valence-corrected chi connectivity index (χ0v) is 24.3. The Hall–Kier alpha value is -6.06. The molecular weight excluding hydrogens is 548 g/mol. The molecule has 2 heterocycles. The topological polar surface area (TPSA) is 38.9 Å². The minimum atomic E-state index is 0.593. The summed E-state index contributed by atoms with van der Waals surface area (Å²) in [6.07, 6.45) is 0. The summed E-state index contributed by atoms with van der Waals surface area (Å²) in [6, 6.07) is 55.3. The molecule has 0 bridgehead atoms. The summed E-state index contributed by atoms with van der Waals surface area (Å²) in [4.78, 5) is 10.1. The summed E-state index contributed by atoms with van der Waals surface area (Å²) in [6.45, 7) is 0. The van der Waals surface area contributed by atoms with Crippen molar-refractivity contribution in [1.29, 1.82) is 0 Å². The van der Waals surface area contributed by atoms with E-state index in [1.165, 1.54) is 32.7 Å². The van der Waals surface area contributed by atoms with Crippen LogP contribution in [0.25, 0.3) is 88.5 Å². The SMILES string of the molecule is c1ccc(-c2nc(-c3cccc(-c4cccc(-c5cc6ccccc6c6ccccc56)c4)c3)nc3oc4ccccc4c23)cc1. The number of furan rings is 1. The smallest absolute Gasteiger partial charge is 0.231 e. The maximum absolute atomic E-state index is 6.27. The van der Waals surface area contributed by atoms with Crippen LogP contribution >= 0.6 is 0 Å². The maximum atomic E-state index is 6.27. The van der Waals surface area contributed by atoms with E-state index in [1.807, 2.05) is 36.4 Å². The number of nitrogens with zero attached hydrogens (tertiary/aromatic N) is 2. The molecule has 9 aromatic rings. The standard InChI is InChI=1S/C42H26N2O/c1-2-12-27(13-3-1)40-39-36-22-8-9-23-38(36)45-42(39)44-41(43-40)32-18-11-16-29(25-32)28-15-10-17-30(24-28)37-26-31-14-4-5-19-33(31)34-20-6-7-21-35(34)37/h1-26H. The van der Waals surface area contributed by atoms with E-state index in [9.17, 15) is 0 Å². The first-order valence-electron chi connectivity index (χ1n) is 15.2. The van der Waals surface area contributed by atoms with Gasteiger partial charge in [-0.1, -0.05) is 133 Å². The molecule has 0 unspecified atom stereocenters. The lowest BCUT2D eigenvalue weighted by Crippen LogP contribution is -1.94. The molecule has 0 fully saturated rings. The van der Waals surface area contributed by atoms with Crippen LogP contribution in [0.2, 0.25) is 0 Å². The molecule has 0 radical (unpaired) electrons. The van der Waals surface area contributed by atoms with Gasteiger partial charge in [0.2, 0.25) is 5.71 Å². The Balaban J connectivity index is 1.19. The van der Waals surface area contributed by atoms with Gasteiger partial charge >= 0.3 is 0 Å². The highest BCUT2D eigenvalue weighted by Gasteiger charge is 2.18. The number of rotatable bonds is 4. The normalized spacial score (nSPS) is 11.6. The maximum Gasteiger partial charge on any atom is 0.231 e. The molecule has 0 aliphatic carbocycles. The van der Waals surface area contributed by atoms with Gasteiger partial charge in [0.1, 0.15) is 5.58 Å². The van der Waals surface area contributed by atoms with Crippen molar-refractivity contribution in [3.05, 3.63) is 158 Å². The number of hydrogen-bond acceptors (Lipinski definition) is 3. The summed E-state index contributed by atoms with van der Waals surface area (Å²) in [7, 11) is 0. The van der Waals surface area contributed by atoms with Crippen molar-refractivity contribution < 1.29 is 4.42 Å². The molecule has 0 N–H and O–H groups in total. The Morgan fingerprint density at radius 2 is 1.00 bits per heavy atom. The van der Waals surface area contributed by atoms with E-state index in [0.29, 0.717) is 11.5 Å². The van der Waals surface area contributed by atoms with Gasteiger partial charge in [-0.3, -0.25) is 0 Å². The van der Waals surface area contributed by atoms with Crippen LogP contribution in [0.15, 0.2) is 162 Å². The lowest BCUT2D eigenvalue weighted by atomic mass is 9.91. The highest BCUT2D eigenvalue weighted by molar-refractivity contribution is 6.14. The van der Waals surface area contributed by atoms with E-state index in [0.717, 1.165) is 44.3 Å². The van der Waals surface area contributed by atoms with Crippen molar-refractivity contribution in [3.8, 4) is 44.9 Å². The largest absolute Gasteiger partial charge is 0.438 e. The molecule has 0 amide bonds. The molecule has 3 nitrogen and oxygen atoms in total. The molecule has 7 aromatic carbocycles. The summed E-state index contributed by atoms with van der Waals surface area (Å²) in [5, 5.41) is 6.99. The zero-order valence-electron chi connectivity index (χ0n) is 24.3. The fourth-order valence-corrected chi connectivity index (χ4v) is 6.55. The minimum Gasteiger partial charge on any atom is -0.438 e. The summed E-state index contributed by atoms with van der Waals surface area (Å²) in [5.41, 5.74) is 8.90. The molecule has 9 rings (SSSR count). The number of aromatic nitrogens is 2. The molecule has 0 aliphatic rings. The van der Waals surface area contributed by atoms with Crippen LogP contribution in [-0.4, -0.2) is 9.97 Å². The van der Waals surface area contributed by atoms with Gasteiger partial charge in [-0.2, -0.15) is 4.98 Å². The van der Waals surface area contributed by atoms with Gasteiger partial charge in [0.25, 0.3) is 0 Å². The third-order valence-corrected chi connectivity index (χ3v) is 8.68. The molecule has 0 saturated heterocycles. The average Bonchev–Trinajstić information content (AvgIpc) is 3.50. The van der Waals surface area contributed by atoms with E-state index in [-0.39, 0.29) is 0 Å². The monoisotopic (exact) mass is 574 g/mol. The van der Waals surface area contributed by atoms with Crippen LogP contribution in [0.1, 0.15) is 0 Å². The van der Waals surface area contributed by atoms with Gasteiger partial charge in [-0.05, 0) is 68.1 Å². The predicted molar refractivity (Wildman–Crippen MR) is 186 cm³/mol. The van der Waals surface area contributed by atoms with Gasteiger partial charge < -0.3 is 4.42 Å². The number of para-hydroxylation sites is 1. The fourth-order valence-electron chi connectivity index (χ4n) is 6.55. The van der Waals surface area contributed by atoms with Crippen LogP contribution in [0, 0.1) is 0 Å². The molecule has 0 spiro atoms. The number of hydrogen-bond donors (Lipinski definition) is 0. The highest BCUT2D eigenvalue weighted by Crippen LogP contribution is 2.38. The molecule has 0 aliphatic heterocycles. The van der Waals surface area contributed by atoms with Gasteiger partial charge in [0, 0.05) is 16.5 Å². The molecule has 0 saturated carbocycles. The van der Waals surface area contributed by atoms with Crippen molar-refractivity contribution in [1.82, 2.24) is 9.97 Å². The Morgan fingerprint density at radius 3 is 1.82 bits per heavy atom. The van der Waals surface area contributed by atoms with Crippen LogP contribution in [-0.2, 0) is 0 Å². The van der Waals surface area contributed by atoms with Crippen molar-refractivity contribution in [3.63, 3.8) is 0 Å². The summed E-state index contributed by atoms with van der Waals surface area (Å²) in [5.74, 6) is 0.638. The quantitative estimate of drug-likeness (QED) is 0.196. The first kappa shape index (κ1) is 25.4. The fraction of sp³-hybridized carbons (Fsp3) is 0. The van der Waals surface area contributed by atoms with Crippen molar-refractivity contribution in [2.45, 2.75) is 0 Å². The summed E-state index contributed by atoms with van der Waals surface area (Å²) >= 11 is 0. The van der Waals surface area contributed by atoms with Crippen LogP contribution < -0.4 is 0 Å². The van der Waals surface area contributed by atoms with Crippen molar-refractivity contribution in [2.75, 3.05) is 0 Å². The highest BCUT2D eigenvalue weighted by atomic mass is 16.3. The lowest BCUT2D eigenvalue weighted by molar-refractivity contribution is 0.653. The van der Waals surface area contributed by atoms with E-state index >= 15 is 0 Å². The second kappa shape index (κ2) is 10.3. The van der Waals surface area contributed by atoms with Crippen molar-refractivity contribution in [2.24, 2.45) is 0 Å². The zero-order chi connectivity index (χ0) is 29.7. The van der Waals surface area contributed by atoms with E-state index in [4.69, 9.17) is 14.4 Å². The van der Waals surface area contributed by atoms with E-state index in [1.54, 1.807) is 0 Å². The van der Waals surface area contributed by atoms with E-state index < -0.39 is 0 Å². The first-order chi connectivity index (χ1) is 22.3. The Labute approximate surface area is 260 Å². The Kier molecular flexibility index (Phi) is 5.82.